The molecule has 1 atom stereocenters. The summed E-state index contributed by atoms with van der Waals surface area (Å²) in [6.07, 6.45) is 0. The summed E-state index contributed by atoms with van der Waals surface area (Å²) >= 11 is 0. The lowest BCUT2D eigenvalue weighted by Gasteiger charge is -2.21. The second kappa shape index (κ2) is 7.38. The molecule has 0 radical (unpaired) electrons. The molecule has 0 aromatic heterocycles. The van der Waals surface area contributed by atoms with Crippen molar-refractivity contribution in [3.63, 3.8) is 0 Å². The summed E-state index contributed by atoms with van der Waals surface area (Å²) in [5.74, 6) is 0.163. The second-order valence-corrected chi connectivity index (χ2v) is 5.10. The highest BCUT2D eigenvalue weighted by molar-refractivity contribution is 5.85. The van der Waals surface area contributed by atoms with Crippen molar-refractivity contribution in [1.29, 1.82) is 0 Å². The first-order valence-electron chi connectivity index (χ1n) is 6.97. The minimum Gasteiger partial charge on any atom is -0.383 e. The number of amides is 1. The molecule has 1 aliphatic rings. The van der Waals surface area contributed by atoms with E-state index in [0.717, 1.165) is 31.8 Å². The molecule has 1 unspecified atom stereocenters. The molecular formula is C15H23N3O2. The van der Waals surface area contributed by atoms with Crippen molar-refractivity contribution >= 4 is 5.91 Å². The zero-order valence-electron chi connectivity index (χ0n) is 12.2. The van der Waals surface area contributed by atoms with Gasteiger partial charge >= 0.3 is 0 Å². The van der Waals surface area contributed by atoms with Gasteiger partial charge in [0.05, 0.1) is 13.3 Å². The molecule has 0 bridgehead atoms. The van der Waals surface area contributed by atoms with Gasteiger partial charge in [-0.1, -0.05) is 30.3 Å². The summed E-state index contributed by atoms with van der Waals surface area (Å²) in [5.41, 5.74) is 1.03. The van der Waals surface area contributed by atoms with E-state index < -0.39 is 0 Å². The van der Waals surface area contributed by atoms with Crippen LogP contribution in [-0.2, 0) is 9.53 Å². The molecule has 110 valence electrons. The molecule has 1 heterocycles. The minimum absolute atomic E-state index is 0.163. The van der Waals surface area contributed by atoms with Crippen molar-refractivity contribution in [1.82, 2.24) is 15.1 Å². The van der Waals surface area contributed by atoms with Crippen LogP contribution in [0, 0.1) is 0 Å². The smallest absolute Gasteiger partial charge is 0.245 e. The summed E-state index contributed by atoms with van der Waals surface area (Å²) in [6.45, 7) is 3.83. The molecule has 1 amide bonds. The molecule has 5 heteroatoms. The topological polar surface area (TPSA) is 44.8 Å². The molecule has 0 saturated carbocycles. The number of benzene rings is 1. The van der Waals surface area contributed by atoms with Gasteiger partial charge in [0, 0.05) is 26.7 Å². The van der Waals surface area contributed by atoms with Crippen molar-refractivity contribution < 1.29 is 9.53 Å². The predicted octanol–water partition coefficient (Wildman–Crippen LogP) is 0.695. The fraction of sp³-hybridized carbons (Fsp3) is 0.533. The van der Waals surface area contributed by atoms with E-state index in [9.17, 15) is 4.79 Å². The molecule has 1 saturated heterocycles. The van der Waals surface area contributed by atoms with Gasteiger partial charge in [0.1, 0.15) is 6.04 Å². The molecule has 2 rings (SSSR count). The van der Waals surface area contributed by atoms with Crippen molar-refractivity contribution in [3.05, 3.63) is 35.9 Å². The van der Waals surface area contributed by atoms with Crippen LogP contribution in [0.4, 0.5) is 0 Å². The number of methoxy groups -OCH3 is 1. The average Bonchev–Trinajstić information content (AvgIpc) is 2.85. The SMILES string of the molecule is COCCN(C)CCN1CNC(c2ccccc2)C1=O. The average molecular weight is 277 g/mol. The van der Waals surface area contributed by atoms with E-state index in [1.807, 2.05) is 42.3 Å². The fourth-order valence-electron chi connectivity index (χ4n) is 2.29. The molecule has 20 heavy (non-hydrogen) atoms. The van der Waals surface area contributed by atoms with Crippen LogP contribution in [0.25, 0.3) is 0 Å². The van der Waals surface area contributed by atoms with Gasteiger partial charge in [-0.05, 0) is 12.6 Å². The van der Waals surface area contributed by atoms with Gasteiger partial charge in [0.25, 0.3) is 0 Å². The normalized spacial score (nSPS) is 19.1. The molecule has 0 aliphatic carbocycles. The maximum absolute atomic E-state index is 12.4. The van der Waals surface area contributed by atoms with Crippen LogP contribution in [0.15, 0.2) is 30.3 Å². The Balaban J connectivity index is 1.82. The van der Waals surface area contributed by atoms with Gasteiger partial charge < -0.3 is 14.5 Å². The lowest BCUT2D eigenvalue weighted by atomic mass is 10.1. The van der Waals surface area contributed by atoms with Crippen LogP contribution in [-0.4, -0.2) is 62.8 Å². The highest BCUT2D eigenvalue weighted by Gasteiger charge is 2.31. The van der Waals surface area contributed by atoms with Crippen LogP contribution in [0.1, 0.15) is 11.6 Å². The number of nitrogens with zero attached hydrogens (tertiary/aromatic N) is 2. The zero-order valence-corrected chi connectivity index (χ0v) is 12.2. The van der Waals surface area contributed by atoms with Crippen LogP contribution in [0.2, 0.25) is 0 Å². The van der Waals surface area contributed by atoms with Crippen LogP contribution in [0.3, 0.4) is 0 Å². The highest BCUT2D eigenvalue weighted by atomic mass is 16.5. The number of hydrogen-bond donors (Lipinski definition) is 1. The summed E-state index contributed by atoms with van der Waals surface area (Å²) < 4.78 is 5.05. The van der Waals surface area contributed by atoms with E-state index in [4.69, 9.17) is 4.74 Å². The standard InChI is InChI=1S/C15H23N3O2/c1-17(10-11-20-2)8-9-18-12-16-14(15(18)19)13-6-4-3-5-7-13/h3-7,14,16H,8-12H2,1-2H3. The summed E-state index contributed by atoms with van der Waals surface area (Å²) in [7, 11) is 3.74. The van der Waals surface area contributed by atoms with Gasteiger partial charge in [0.2, 0.25) is 5.91 Å². The Bertz CT molecular complexity index is 424. The van der Waals surface area contributed by atoms with E-state index in [-0.39, 0.29) is 11.9 Å². The molecule has 1 aromatic rings. The molecule has 1 aliphatic heterocycles. The third-order valence-corrected chi connectivity index (χ3v) is 3.61. The first-order valence-corrected chi connectivity index (χ1v) is 6.97. The lowest BCUT2D eigenvalue weighted by Crippen LogP contribution is -2.36. The molecule has 1 fully saturated rings. The Morgan fingerprint density at radius 2 is 2.10 bits per heavy atom. The predicted molar refractivity (Wildman–Crippen MR) is 78.3 cm³/mol. The van der Waals surface area contributed by atoms with E-state index >= 15 is 0 Å². The maximum Gasteiger partial charge on any atom is 0.245 e. The first kappa shape index (κ1) is 15.0. The summed E-state index contributed by atoms with van der Waals surface area (Å²) in [5, 5.41) is 3.27. The zero-order chi connectivity index (χ0) is 14.4. The number of ether oxygens (including phenoxy) is 1. The van der Waals surface area contributed by atoms with Gasteiger partial charge in [0.15, 0.2) is 0 Å². The van der Waals surface area contributed by atoms with Crippen molar-refractivity contribution in [2.75, 3.05) is 47.1 Å². The Morgan fingerprint density at radius 3 is 2.80 bits per heavy atom. The van der Waals surface area contributed by atoms with E-state index in [1.165, 1.54) is 0 Å². The molecule has 0 spiro atoms. The first-order chi connectivity index (χ1) is 9.72. The van der Waals surface area contributed by atoms with E-state index in [2.05, 4.69) is 10.2 Å². The Morgan fingerprint density at radius 1 is 1.35 bits per heavy atom. The molecule has 5 nitrogen and oxygen atoms in total. The number of carbonyl (C=O) groups is 1. The largest absolute Gasteiger partial charge is 0.383 e. The van der Waals surface area contributed by atoms with Gasteiger partial charge in [-0.2, -0.15) is 0 Å². The number of likely N-dealkylation sites (N-methyl/N-ethyl adjacent to an activating group) is 1. The number of carbonyl (C=O) groups excluding carboxylic acids is 1. The molecular weight excluding hydrogens is 254 g/mol. The number of nitrogens with one attached hydrogen (secondary N) is 1. The van der Waals surface area contributed by atoms with Crippen molar-refractivity contribution in [2.24, 2.45) is 0 Å². The van der Waals surface area contributed by atoms with Crippen molar-refractivity contribution in [2.45, 2.75) is 6.04 Å². The van der Waals surface area contributed by atoms with Crippen molar-refractivity contribution in [3.8, 4) is 0 Å². The summed E-state index contributed by atoms with van der Waals surface area (Å²) in [4.78, 5) is 16.4. The van der Waals surface area contributed by atoms with E-state index in [1.54, 1.807) is 7.11 Å². The van der Waals surface area contributed by atoms with Crippen LogP contribution in [0.5, 0.6) is 0 Å². The third-order valence-electron chi connectivity index (χ3n) is 3.61. The number of rotatable bonds is 7. The Kier molecular flexibility index (Phi) is 5.52. The van der Waals surface area contributed by atoms with Crippen LogP contribution >= 0.6 is 0 Å². The van der Waals surface area contributed by atoms with Gasteiger partial charge in [-0.25, -0.2) is 0 Å². The second-order valence-electron chi connectivity index (χ2n) is 5.10. The maximum atomic E-state index is 12.4. The Labute approximate surface area is 120 Å². The van der Waals surface area contributed by atoms with Gasteiger partial charge in [-0.3, -0.25) is 10.1 Å². The monoisotopic (exact) mass is 277 g/mol. The van der Waals surface area contributed by atoms with Crippen LogP contribution < -0.4 is 5.32 Å². The molecule has 1 N–H and O–H groups in total. The quantitative estimate of drug-likeness (QED) is 0.797. The van der Waals surface area contributed by atoms with Gasteiger partial charge in [-0.15, -0.1) is 0 Å². The highest BCUT2D eigenvalue weighted by Crippen LogP contribution is 2.19. The lowest BCUT2D eigenvalue weighted by molar-refractivity contribution is -0.129. The van der Waals surface area contributed by atoms with E-state index in [0.29, 0.717) is 6.67 Å². The summed E-state index contributed by atoms with van der Waals surface area (Å²) in [6, 6.07) is 9.68. The minimum atomic E-state index is -0.194. The Hall–Kier alpha value is -1.43. The fourth-order valence-corrected chi connectivity index (χ4v) is 2.29. The number of hydrogen-bond acceptors (Lipinski definition) is 4. The molecule has 1 aromatic carbocycles. The third kappa shape index (κ3) is 3.79.